The van der Waals surface area contributed by atoms with Gasteiger partial charge in [0.25, 0.3) is 5.91 Å². The molecule has 1 aliphatic heterocycles. The normalized spacial score (nSPS) is 17.3. The molecule has 3 aromatic heterocycles. The van der Waals surface area contributed by atoms with Crippen LogP contribution in [-0.2, 0) is 11.3 Å². The summed E-state index contributed by atoms with van der Waals surface area (Å²) in [5.74, 6) is 0.501. The predicted octanol–water partition coefficient (Wildman–Crippen LogP) is 2.60. The zero-order chi connectivity index (χ0) is 17.9. The molecule has 0 bridgehead atoms. The van der Waals surface area contributed by atoms with E-state index in [4.69, 9.17) is 4.74 Å². The SMILES string of the molecule is Cc1ccc2nc(C(=O)NCc3cnc([C@H]4CCCCO4)nc3)cn2c1. The minimum atomic E-state index is -0.217. The molecule has 4 rings (SSSR count). The van der Waals surface area contributed by atoms with Crippen LogP contribution in [0.15, 0.2) is 36.9 Å². The second-order valence-electron chi connectivity index (χ2n) is 6.59. The molecule has 7 heteroatoms. The number of hydrogen-bond donors (Lipinski definition) is 1. The smallest absolute Gasteiger partial charge is 0.271 e. The lowest BCUT2D eigenvalue weighted by molar-refractivity contribution is 0.00940. The second-order valence-corrected chi connectivity index (χ2v) is 6.59. The summed E-state index contributed by atoms with van der Waals surface area (Å²) >= 11 is 0. The summed E-state index contributed by atoms with van der Waals surface area (Å²) in [6.07, 6.45) is 10.4. The lowest BCUT2D eigenvalue weighted by Gasteiger charge is -2.21. The van der Waals surface area contributed by atoms with Crippen molar-refractivity contribution in [2.24, 2.45) is 0 Å². The molecule has 0 aromatic carbocycles. The van der Waals surface area contributed by atoms with Crippen LogP contribution in [0.25, 0.3) is 5.65 Å². The average molecular weight is 351 g/mol. The van der Waals surface area contributed by atoms with Crippen LogP contribution in [0.5, 0.6) is 0 Å². The van der Waals surface area contributed by atoms with Crippen molar-refractivity contribution in [2.45, 2.75) is 38.8 Å². The van der Waals surface area contributed by atoms with Crippen LogP contribution < -0.4 is 5.32 Å². The van der Waals surface area contributed by atoms with E-state index >= 15 is 0 Å². The number of amides is 1. The first kappa shape index (κ1) is 16.7. The summed E-state index contributed by atoms with van der Waals surface area (Å²) in [4.78, 5) is 25.5. The maximum absolute atomic E-state index is 12.3. The van der Waals surface area contributed by atoms with Gasteiger partial charge >= 0.3 is 0 Å². The lowest BCUT2D eigenvalue weighted by atomic mass is 10.1. The van der Waals surface area contributed by atoms with E-state index in [0.29, 0.717) is 12.2 Å². The van der Waals surface area contributed by atoms with Gasteiger partial charge in [0.15, 0.2) is 5.82 Å². The van der Waals surface area contributed by atoms with E-state index in [0.717, 1.165) is 48.5 Å². The molecule has 1 fully saturated rings. The zero-order valence-electron chi connectivity index (χ0n) is 14.7. The number of aryl methyl sites for hydroxylation is 1. The maximum Gasteiger partial charge on any atom is 0.271 e. The first-order valence-corrected chi connectivity index (χ1v) is 8.85. The number of aromatic nitrogens is 4. The lowest BCUT2D eigenvalue weighted by Crippen LogP contribution is -2.23. The van der Waals surface area contributed by atoms with Crippen LogP contribution in [0, 0.1) is 6.92 Å². The van der Waals surface area contributed by atoms with Gasteiger partial charge in [0.05, 0.1) is 0 Å². The monoisotopic (exact) mass is 351 g/mol. The number of hydrogen-bond acceptors (Lipinski definition) is 5. The number of carbonyl (C=O) groups is 1. The van der Waals surface area contributed by atoms with Crippen molar-refractivity contribution in [3.05, 3.63) is 59.6 Å². The van der Waals surface area contributed by atoms with Crippen LogP contribution in [-0.4, -0.2) is 31.9 Å². The molecule has 7 nitrogen and oxygen atoms in total. The van der Waals surface area contributed by atoms with Gasteiger partial charge in [-0.1, -0.05) is 6.07 Å². The Kier molecular flexibility index (Phi) is 4.62. The van der Waals surface area contributed by atoms with Crippen LogP contribution in [0.1, 0.15) is 52.8 Å². The molecule has 1 saturated heterocycles. The van der Waals surface area contributed by atoms with E-state index in [-0.39, 0.29) is 12.0 Å². The molecule has 1 aliphatic rings. The summed E-state index contributed by atoms with van der Waals surface area (Å²) in [7, 11) is 0. The van der Waals surface area contributed by atoms with Gasteiger partial charge in [-0.3, -0.25) is 4.79 Å². The first-order valence-electron chi connectivity index (χ1n) is 8.85. The highest BCUT2D eigenvalue weighted by Crippen LogP contribution is 2.24. The topological polar surface area (TPSA) is 81.4 Å². The number of rotatable bonds is 4. The van der Waals surface area contributed by atoms with Gasteiger partial charge < -0.3 is 14.5 Å². The van der Waals surface area contributed by atoms with E-state index in [1.807, 2.05) is 29.7 Å². The van der Waals surface area contributed by atoms with Crippen LogP contribution in [0.3, 0.4) is 0 Å². The third-order valence-electron chi connectivity index (χ3n) is 4.48. The Hall–Kier alpha value is -2.80. The minimum Gasteiger partial charge on any atom is -0.370 e. The molecule has 0 radical (unpaired) electrons. The number of nitrogens with one attached hydrogen (secondary N) is 1. The van der Waals surface area contributed by atoms with Crippen LogP contribution >= 0.6 is 0 Å². The van der Waals surface area contributed by atoms with Gasteiger partial charge in [0.2, 0.25) is 0 Å². The fraction of sp³-hybridized carbons (Fsp3) is 0.368. The number of pyridine rings is 1. The third-order valence-corrected chi connectivity index (χ3v) is 4.48. The van der Waals surface area contributed by atoms with E-state index in [1.165, 1.54) is 0 Å². The first-order chi connectivity index (χ1) is 12.7. The highest BCUT2D eigenvalue weighted by molar-refractivity contribution is 5.92. The highest BCUT2D eigenvalue weighted by atomic mass is 16.5. The van der Waals surface area contributed by atoms with Crippen molar-refractivity contribution >= 4 is 11.6 Å². The minimum absolute atomic E-state index is 0.00572. The van der Waals surface area contributed by atoms with Crippen molar-refractivity contribution in [1.29, 1.82) is 0 Å². The standard InChI is InChI=1S/C19H21N5O2/c1-13-5-6-17-23-15(12-24(17)11-13)19(25)22-10-14-8-20-18(21-9-14)16-4-2-3-7-26-16/h5-6,8-9,11-12,16H,2-4,7,10H2,1H3,(H,22,25)/t16-/m1/s1. The summed E-state index contributed by atoms with van der Waals surface area (Å²) in [6, 6.07) is 3.87. The second kappa shape index (κ2) is 7.21. The fourth-order valence-electron chi connectivity index (χ4n) is 3.05. The molecule has 134 valence electrons. The van der Waals surface area contributed by atoms with Gasteiger partial charge in [-0.2, -0.15) is 0 Å². The third kappa shape index (κ3) is 3.57. The number of imidazole rings is 1. The molecule has 1 atom stereocenters. The summed E-state index contributed by atoms with van der Waals surface area (Å²) in [5.41, 5.74) is 3.10. The summed E-state index contributed by atoms with van der Waals surface area (Å²) < 4.78 is 7.55. The Morgan fingerprint density at radius 3 is 2.88 bits per heavy atom. The Bertz CT molecular complexity index is 913. The quantitative estimate of drug-likeness (QED) is 0.781. The molecule has 0 aliphatic carbocycles. The number of carbonyl (C=O) groups excluding carboxylic acids is 1. The van der Waals surface area contributed by atoms with Gasteiger partial charge in [-0.25, -0.2) is 15.0 Å². The van der Waals surface area contributed by atoms with E-state index < -0.39 is 0 Å². The highest BCUT2D eigenvalue weighted by Gasteiger charge is 2.18. The van der Waals surface area contributed by atoms with Crippen molar-refractivity contribution in [1.82, 2.24) is 24.7 Å². The number of nitrogens with zero attached hydrogens (tertiary/aromatic N) is 4. The summed E-state index contributed by atoms with van der Waals surface area (Å²) in [6.45, 7) is 3.13. The fourth-order valence-corrected chi connectivity index (χ4v) is 3.05. The Morgan fingerprint density at radius 1 is 1.27 bits per heavy atom. The molecule has 0 spiro atoms. The molecule has 1 N–H and O–H groups in total. The van der Waals surface area contributed by atoms with E-state index in [1.54, 1.807) is 18.6 Å². The summed E-state index contributed by atoms with van der Waals surface area (Å²) in [5, 5.41) is 2.86. The molecule has 26 heavy (non-hydrogen) atoms. The predicted molar refractivity (Wildman–Crippen MR) is 95.7 cm³/mol. The molecule has 0 saturated carbocycles. The van der Waals surface area contributed by atoms with Crippen LogP contribution in [0.4, 0.5) is 0 Å². The number of ether oxygens (including phenoxy) is 1. The molecular formula is C19H21N5O2. The Labute approximate surface area is 151 Å². The molecule has 3 aromatic rings. The van der Waals surface area contributed by atoms with Gasteiger partial charge in [-0.15, -0.1) is 0 Å². The Morgan fingerprint density at radius 2 is 2.12 bits per heavy atom. The van der Waals surface area contributed by atoms with Crippen molar-refractivity contribution in [2.75, 3.05) is 6.61 Å². The van der Waals surface area contributed by atoms with Crippen molar-refractivity contribution in [3.8, 4) is 0 Å². The van der Waals surface area contributed by atoms with Gasteiger partial charge in [0.1, 0.15) is 17.4 Å². The number of fused-ring (bicyclic) bond motifs is 1. The van der Waals surface area contributed by atoms with Crippen molar-refractivity contribution in [3.63, 3.8) is 0 Å². The van der Waals surface area contributed by atoms with Crippen molar-refractivity contribution < 1.29 is 9.53 Å². The van der Waals surface area contributed by atoms with Crippen LogP contribution in [0.2, 0.25) is 0 Å². The zero-order valence-corrected chi connectivity index (χ0v) is 14.7. The molecule has 0 unspecified atom stereocenters. The molecular weight excluding hydrogens is 330 g/mol. The molecule has 1 amide bonds. The Balaban J connectivity index is 1.38. The average Bonchev–Trinajstić information content (AvgIpc) is 3.10. The molecule has 4 heterocycles. The van der Waals surface area contributed by atoms with E-state index in [2.05, 4.69) is 20.3 Å². The van der Waals surface area contributed by atoms with E-state index in [9.17, 15) is 4.79 Å². The van der Waals surface area contributed by atoms with Gasteiger partial charge in [-0.05, 0) is 37.8 Å². The maximum atomic E-state index is 12.3. The van der Waals surface area contributed by atoms with Gasteiger partial charge in [0, 0.05) is 43.5 Å². The largest absolute Gasteiger partial charge is 0.370 e.